The Morgan fingerprint density at radius 3 is 2.35 bits per heavy atom. The minimum absolute atomic E-state index is 0.0225. The Morgan fingerprint density at radius 1 is 1.12 bits per heavy atom. The summed E-state index contributed by atoms with van der Waals surface area (Å²) in [6.07, 6.45) is 0.557. The van der Waals surface area contributed by atoms with E-state index in [2.05, 4.69) is 4.72 Å². The summed E-state index contributed by atoms with van der Waals surface area (Å²) in [7, 11) is -4.25. The monoisotopic (exact) mass is 376 g/mol. The van der Waals surface area contributed by atoms with Crippen molar-refractivity contribution in [1.29, 1.82) is 0 Å². The van der Waals surface area contributed by atoms with E-state index in [-0.39, 0.29) is 19.4 Å². The topological polar surface area (TPSA) is 116 Å². The number of esters is 1. The molecule has 136 valence electrons. The molecule has 1 aliphatic rings. The first-order valence-electron chi connectivity index (χ1n) is 7.83. The first kappa shape index (κ1) is 18.0. The molecule has 0 saturated heterocycles. The number of para-hydroxylation sites is 1. The van der Waals surface area contributed by atoms with Gasteiger partial charge >= 0.3 is 5.97 Å². The van der Waals surface area contributed by atoms with Crippen LogP contribution in [0.1, 0.15) is 18.4 Å². The maximum atomic E-state index is 12.6. The van der Waals surface area contributed by atoms with Crippen LogP contribution in [0.15, 0.2) is 59.5 Å². The number of hydrogen-bond acceptors (Lipinski definition) is 6. The molecule has 2 aromatic carbocycles. The molecule has 1 N–H and O–H groups in total. The van der Waals surface area contributed by atoms with E-state index < -0.39 is 37.0 Å². The molecule has 9 heteroatoms. The highest BCUT2D eigenvalue weighted by atomic mass is 32.2. The quantitative estimate of drug-likeness (QED) is 0.450. The zero-order valence-corrected chi connectivity index (χ0v) is 14.4. The normalized spacial score (nSPS) is 15.2. The summed E-state index contributed by atoms with van der Waals surface area (Å²) in [5.74, 6) is -0.691. The van der Waals surface area contributed by atoms with Crippen LogP contribution in [0, 0.1) is 10.1 Å². The Hall–Kier alpha value is -2.78. The van der Waals surface area contributed by atoms with Crippen molar-refractivity contribution >= 4 is 21.7 Å². The molecule has 1 saturated carbocycles. The van der Waals surface area contributed by atoms with Crippen LogP contribution in [-0.4, -0.2) is 24.8 Å². The lowest BCUT2D eigenvalue weighted by Gasteiger charge is -2.16. The number of sulfonamides is 1. The SMILES string of the molecule is O=C(OCc1ccccc1)C1(NS(=O)(=O)c2ccccc2[N+](=O)[O-])CC1. The lowest BCUT2D eigenvalue weighted by molar-refractivity contribution is -0.387. The number of benzene rings is 2. The van der Waals surface area contributed by atoms with E-state index in [1.807, 2.05) is 6.07 Å². The van der Waals surface area contributed by atoms with Gasteiger partial charge in [0, 0.05) is 6.07 Å². The van der Waals surface area contributed by atoms with Crippen LogP contribution in [0.25, 0.3) is 0 Å². The largest absolute Gasteiger partial charge is 0.459 e. The lowest BCUT2D eigenvalue weighted by Crippen LogP contribution is -2.44. The molecule has 2 aromatic rings. The summed E-state index contributed by atoms with van der Waals surface area (Å²) in [6, 6.07) is 14.0. The number of nitrogens with zero attached hydrogens (tertiary/aromatic N) is 1. The molecule has 1 aliphatic carbocycles. The van der Waals surface area contributed by atoms with Crippen LogP contribution in [0.2, 0.25) is 0 Å². The predicted octanol–water partition coefficient (Wildman–Crippen LogP) is 2.15. The number of carbonyl (C=O) groups is 1. The van der Waals surface area contributed by atoms with Gasteiger partial charge in [-0.3, -0.25) is 14.9 Å². The number of carbonyl (C=O) groups excluding carboxylic acids is 1. The van der Waals surface area contributed by atoms with Crippen LogP contribution >= 0.6 is 0 Å². The second-order valence-corrected chi connectivity index (χ2v) is 7.62. The highest BCUT2D eigenvalue weighted by molar-refractivity contribution is 7.89. The highest BCUT2D eigenvalue weighted by Crippen LogP contribution is 2.39. The number of ether oxygens (including phenoxy) is 1. The van der Waals surface area contributed by atoms with E-state index >= 15 is 0 Å². The standard InChI is InChI=1S/C17H16N2O6S/c20-16(25-12-13-6-2-1-3-7-13)17(10-11-17)18-26(23,24)15-9-5-4-8-14(15)19(21)22/h1-9,18H,10-12H2. The van der Waals surface area contributed by atoms with Crippen molar-refractivity contribution in [1.82, 2.24) is 4.72 Å². The fourth-order valence-corrected chi connectivity index (χ4v) is 4.07. The summed E-state index contributed by atoms with van der Waals surface area (Å²) < 4.78 is 32.6. The molecule has 26 heavy (non-hydrogen) atoms. The van der Waals surface area contributed by atoms with Gasteiger partial charge in [-0.2, -0.15) is 4.72 Å². The average Bonchev–Trinajstić information content (AvgIpc) is 3.40. The average molecular weight is 376 g/mol. The summed E-state index contributed by atoms with van der Waals surface area (Å²) in [5.41, 5.74) is -1.14. The fraction of sp³-hybridized carbons (Fsp3) is 0.235. The minimum Gasteiger partial charge on any atom is -0.459 e. The molecule has 3 rings (SSSR count). The molecule has 0 bridgehead atoms. The Balaban J connectivity index is 1.75. The third-order valence-corrected chi connectivity index (χ3v) is 5.62. The molecule has 1 fully saturated rings. The van der Waals surface area contributed by atoms with Crippen molar-refractivity contribution in [2.24, 2.45) is 0 Å². The fourth-order valence-electron chi connectivity index (χ4n) is 2.48. The van der Waals surface area contributed by atoms with Gasteiger partial charge in [0.2, 0.25) is 10.0 Å². The molecule has 8 nitrogen and oxygen atoms in total. The number of nitro groups is 1. The first-order valence-corrected chi connectivity index (χ1v) is 9.31. The van der Waals surface area contributed by atoms with Gasteiger partial charge in [-0.05, 0) is 24.5 Å². The maximum absolute atomic E-state index is 12.6. The van der Waals surface area contributed by atoms with Crippen molar-refractivity contribution in [3.05, 3.63) is 70.3 Å². The Bertz CT molecular complexity index is 939. The van der Waals surface area contributed by atoms with Crippen molar-refractivity contribution in [3.8, 4) is 0 Å². The van der Waals surface area contributed by atoms with Crippen LogP contribution in [0.3, 0.4) is 0 Å². The molecule has 0 radical (unpaired) electrons. The summed E-state index contributed by atoms with van der Waals surface area (Å²) >= 11 is 0. The van der Waals surface area contributed by atoms with E-state index in [0.29, 0.717) is 0 Å². The van der Waals surface area contributed by atoms with E-state index in [1.54, 1.807) is 24.3 Å². The third-order valence-electron chi connectivity index (χ3n) is 4.03. The van der Waals surface area contributed by atoms with Crippen LogP contribution in [0.4, 0.5) is 5.69 Å². The number of nitrogens with one attached hydrogen (secondary N) is 1. The molecule has 0 aromatic heterocycles. The zero-order chi connectivity index (χ0) is 18.8. The maximum Gasteiger partial charge on any atom is 0.327 e. The molecule has 0 aliphatic heterocycles. The molecular formula is C17H16N2O6S. The second kappa shape index (κ2) is 6.85. The lowest BCUT2D eigenvalue weighted by atomic mass is 10.2. The third kappa shape index (κ3) is 3.73. The smallest absolute Gasteiger partial charge is 0.327 e. The van der Waals surface area contributed by atoms with E-state index in [1.165, 1.54) is 12.1 Å². The first-order chi connectivity index (χ1) is 12.3. The molecular weight excluding hydrogens is 360 g/mol. The summed E-state index contributed by atoms with van der Waals surface area (Å²) in [6.45, 7) is 0.0225. The zero-order valence-electron chi connectivity index (χ0n) is 13.6. The Kier molecular flexibility index (Phi) is 4.75. The second-order valence-electron chi connectivity index (χ2n) is 5.97. The van der Waals surface area contributed by atoms with Crippen LogP contribution in [-0.2, 0) is 26.2 Å². The molecule has 0 atom stereocenters. The molecule has 0 heterocycles. The Labute approximate surface area is 150 Å². The molecule has 0 amide bonds. The van der Waals surface area contributed by atoms with Gasteiger partial charge < -0.3 is 4.74 Å². The Morgan fingerprint density at radius 2 is 1.73 bits per heavy atom. The van der Waals surface area contributed by atoms with E-state index in [0.717, 1.165) is 17.7 Å². The number of hydrogen-bond donors (Lipinski definition) is 1. The van der Waals surface area contributed by atoms with Gasteiger partial charge in [-0.25, -0.2) is 8.42 Å². The minimum atomic E-state index is -4.25. The van der Waals surface area contributed by atoms with Gasteiger partial charge in [0.1, 0.15) is 12.1 Å². The van der Waals surface area contributed by atoms with Crippen molar-refractivity contribution in [3.63, 3.8) is 0 Å². The predicted molar refractivity (Wildman–Crippen MR) is 91.6 cm³/mol. The molecule has 0 unspecified atom stereocenters. The van der Waals surface area contributed by atoms with Gasteiger partial charge in [0.25, 0.3) is 5.69 Å². The number of nitro benzene ring substituents is 1. The number of rotatable bonds is 7. The van der Waals surface area contributed by atoms with Gasteiger partial charge in [-0.15, -0.1) is 0 Å². The summed E-state index contributed by atoms with van der Waals surface area (Å²) in [4.78, 5) is 22.2. The highest BCUT2D eigenvalue weighted by Gasteiger charge is 2.54. The van der Waals surface area contributed by atoms with Crippen molar-refractivity contribution < 1.29 is 22.9 Å². The summed E-state index contributed by atoms with van der Waals surface area (Å²) in [5, 5.41) is 11.1. The van der Waals surface area contributed by atoms with E-state index in [9.17, 15) is 23.3 Å². The van der Waals surface area contributed by atoms with Crippen molar-refractivity contribution in [2.75, 3.05) is 0 Å². The van der Waals surface area contributed by atoms with E-state index in [4.69, 9.17) is 4.74 Å². The molecule has 0 spiro atoms. The van der Waals surface area contributed by atoms with Crippen molar-refractivity contribution in [2.45, 2.75) is 29.9 Å². The van der Waals surface area contributed by atoms with Crippen LogP contribution < -0.4 is 4.72 Å². The van der Waals surface area contributed by atoms with Gasteiger partial charge in [0.15, 0.2) is 4.90 Å². The van der Waals surface area contributed by atoms with Crippen LogP contribution in [0.5, 0.6) is 0 Å². The van der Waals surface area contributed by atoms with Gasteiger partial charge in [-0.1, -0.05) is 42.5 Å². The van der Waals surface area contributed by atoms with Gasteiger partial charge in [0.05, 0.1) is 4.92 Å².